The molecule has 198 valence electrons. The highest BCUT2D eigenvalue weighted by atomic mass is 32.2. The first kappa shape index (κ1) is 25.1. The lowest BCUT2D eigenvalue weighted by atomic mass is 9.89. The number of ether oxygens (including phenoxy) is 2. The molecule has 0 saturated carbocycles. The van der Waals surface area contributed by atoms with E-state index in [0.29, 0.717) is 55.4 Å². The van der Waals surface area contributed by atoms with Gasteiger partial charge in [0, 0.05) is 19.3 Å². The Morgan fingerprint density at radius 1 is 0.897 bits per heavy atom. The molecule has 4 heterocycles. The summed E-state index contributed by atoms with van der Waals surface area (Å²) in [4.78, 5) is 17.0. The SMILES string of the molecule is O=C1NCCCOc2cccc(c2)C2c3ccc(cc3CCN2S(=O)(=O)c2ccccc2)Oc2cncc1c2. The highest BCUT2D eigenvalue weighted by molar-refractivity contribution is 7.89. The Morgan fingerprint density at radius 2 is 1.77 bits per heavy atom. The Hall–Kier alpha value is -4.21. The lowest BCUT2D eigenvalue weighted by Gasteiger charge is -2.37. The van der Waals surface area contributed by atoms with Gasteiger partial charge in [0.15, 0.2) is 0 Å². The number of pyridine rings is 1. The summed E-state index contributed by atoms with van der Waals surface area (Å²) in [6.45, 7) is 1.13. The van der Waals surface area contributed by atoms with E-state index in [2.05, 4.69) is 10.3 Å². The molecule has 1 N–H and O–H groups in total. The normalized spacial score (nSPS) is 17.7. The molecule has 0 aliphatic carbocycles. The van der Waals surface area contributed by atoms with Crippen molar-refractivity contribution in [3.05, 3.63) is 114 Å². The van der Waals surface area contributed by atoms with Crippen molar-refractivity contribution in [3.8, 4) is 17.2 Å². The van der Waals surface area contributed by atoms with Gasteiger partial charge < -0.3 is 14.8 Å². The van der Waals surface area contributed by atoms with Crippen molar-refractivity contribution in [1.82, 2.24) is 14.6 Å². The summed E-state index contributed by atoms with van der Waals surface area (Å²) in [5.74, 6) is 1.44. The molecule has 1 aromatic heterocycles. The molecule has 3 aromatic carbocycles. The molecule has 1 atom stereocenters. The largest absolute Gasteiger partial charge is 0.494 e. The van der Waals surface area contributed by atoms with E-state index in [1.165, 1.54) is 6.20 Å². The number of aromatic nitrogens is 1. The topological polar surface area (TPSA) is 97.8 Å². The highest BCUT2D eigenvalue weighted by Gasteiger charge is 2.37. The first-order valence-electron chi connectivity index (χ1n) is 12.8. The average molecular weight is 542 g/mol. The van der Waals surface area contributed by atoms with Crippen LogP contribution in [0.3, 0.4) is 0 Å². The Balaban J connectivity index is 1.46. The molecule has 8 bridgehead atoms. The quantitative estimate of drug-likeness (QED) is 0.394. The number of nitrogens with one attached hydrogen (secondary N) is 1. The number of hydrogen-bond acceptors (Lipinski definition) is 6. The summed E-state index contributed by atoms with van der Waals surface area (Å²) < 4.78 is 41.4. The van der Waals surface area contributed by atoms with Crippen molar-refractivity contribution in [2.45, 2.75) is 23.8 Å². The molecule has 1 amide bonds. The second kappa shape index (κ2) is 10.5. The number of amides is 1. The molecule has 7 rings (SSSR count). The van der Waals surface area contributed by atoms with Crippen molar-refractivity contribution in [2.24, 2.45) is 0 Å². The predicted octanol–water partition coefficient (Wildman–Crippen LogP) is 4.72. The van der Waals surface area contributed by atoms with E-state index >= 15 is 0 Å². The zero-order valence-electron chi connectivity index (χ0n) is 21.1. The van der Waals surface area contributed by atoms with Gasteiger partial charge in [-0.3, -0.25) is 9.78 Å². The third kappa shape index (κ3) is 5.10. The van der Waals surface area contributed by atoms with Crippen molar-refractivity contribution in [2.75, 3.05) is 19.7 Å². The summed E-state index contributed by atoms with van der Waals surface area (Å²) in [5, 5.41) is 2.88. The van der Waals surface area contributed by atoms with E-state index in [0.717, 1.165) is 16.7 Å². The molecular formula is C30H27N3O5S. The van der Waals surface area contributed by atoms with Crippen LogP contribution < -0.4 is 14.8 Å². The summed E-state index contributed by atoms with van der Waals surface area (Å²) in [7, 11) is -3.78. The van der Waals surface area contributed by atoms with E-state index in [4.69, 9.17) is 9.47 Å². The summed E-state index contributed by atoms with van der Waals surface area (Å²) >= 11 is 0. The summed E-state index contributed by atoms with van der Waals surface area (Å²) in [6, 6.07) is 22.9. The van der Waals surface area contributed by atoms with Gasteiger partial charge in [-0.2, -0.15) is 4.31 Å². The first-order valence-corrected chi connectivity index (χ1v) is 14.3. The fourth-order valence-corrected chi connectivity index (χ4v) is 6.67. The van der Waals surface area contributed by atoms with Crippen molar-refractivity contribution >= 4 is 15.9 Å². The number of rotatable bonds is 2. The molecule has 9 heteroatoms. The second-order valence-corrected chi connectivity index (χ2v) is 11.4. The maximum Gasteiger partial charge on any atom is 0.252 e. The lowest BCUT2D eigenvalue weighted by Crippen LogP contribution is -2.40. The lowest BCUT2D eigenvalue weighted by molar-refractivity contribution is 0.0951. The number of benzene rings is 3. The van der Waals surface area contributed by atoms with Crippen LogP contribution in [0.5, 0.6) is 17.2 Å². The monoisotopic (exact) mass is 541 g/mol. The zero-order valence-corrected chi connectivity index (χ0v) is 21.9. The van der Waals surface area contributed by atoms with Gasteiger partial charge in [-0.1, -0.05) is 36.4 Å². The smallest absolute Gasteiger partial charge is 0.252 e. The molecular weight excluding hydrogens is 514 g/mol. The van der Waals surface area contributed by atoms with Crippen molar-refractivity contribution < 1.29 is 22.7 Å². The third-order valence-electron chi connectivity index (χ3n) is 6.91. The Labute approximate surface area is 227 Å². The standard InChI is InChI=1S/C30H27N3O5S/c34-30-23-18-26(20-31-19-23)38-25-10-11-28-21(16-25)12-14-33(39(35,36)27-8-2-1-3-9-27)29(28)22-6-4-7-24(17-22)37-15-5-13-32-30/h1-4,6-11,16-20,29H,5,12-15H2,(H,32,34). The van der Waals surface area contributed by atoms with Crippen LogP contribution in [-0.4, -0.2) is 43.3 Å². The zero-order chi connectivity index (χ0) is 26.8. The first-order chi connectivity index (χ1) is 19.0. The third-order valence-corrected chi connectivity index (χ3v) is 8.79. The fourth-order valence-electron chi connectivity index (χ4n) is 5.05. The predicted molar refractivity (Wildman–Crippen MR) is 146 cm³/mol. The van der Waals surface area contributed by atoms with Crippen molar-refractivity contribution in [1.29, 1.82) is 0 Å². The van der Waals surface area contributed by atoms with Crippen LogP contribution >= 0.6 is 0 Å². The molecule has 0 fully saturated rings. The van der Waals surface area contributed by atoms with Crippen LogP contribution in [0.25, 0.3) is 0 Å². The van der Waals surface area contributed by atoms with Crippen molar-refractivity contribution in [3.63, 3.8) is 0 Å². The second-order valence-electron chi connectivity index (χ2n) is 9.48. The number of carbonyl (C=O) groups excluding carboxylic acids is 1. The van der Waals surface area contributed by atoms with Gasteiger partial charge in [0.1, 0.15) is 17.2 Å². The van der Waals surface area contributed by atoms with Gasteiger partial charge in [-0.25, -0.2) is 8.42 Å². The maximum absolute atomic E-state index is 13.9. The minimum Gasteiger partial charge on any atom is -0.494 e. The van der Waals surface area contributed by atoms with E-state index in [1.54, 1.807) is 46.9 Å². The highest BCUT2D eigenvalue weighted by Crippen LogP contribution is 2.41. The van der Waals surface area contributed by atoms with Gasteiger partial charge in [0.25, 0.3) is 5.91 Å². The minimum absolute atomic E-state index is 0.232. The molecule has 0 spiro atoms. The number of hydrogen-bond donors (Lipinski definition) is 1. The van der Waals surface area contributed by atoms with Gasteiger partial charge in [0.05, 0.1) is 29.3 Å². The van der Waals surface area contributed by atoms with Crippen LogP contribution in [0.2, 0.25) is 0 Å². The van der Waals surface area contributed by atoms with E-state index in [1.807, 2.05) is 42.5 Å². The number of fused-ring (bicyclic) bond motifs is 6. The molecule has 8 nitrogen and oxygen atoms in total. The summed E-state index contributed by atoms with van der Waals surface area (Å²) in [6.07, 6.45) is 4.18. The van der Waals surface area contributed by atoms with Gasteiger partial charge in [-0.15, -0.1) is 0 Å². The maximum atomic E-state index is 13.9. The average Bonchev–Trinajstić information content (AvgIpc) is 2.96. The van der Waals surface area contributed by atoms with E-state index in [-0.39, 0.29) is 10.8 Å². The Bertz CT molecular complexity index is 1620. The van der Waals surface area contributed by atoms with Crippen LogP contribution in [0.15, 0.2) is 96.2 Å². The van der Waals surface area contributed by atoms with Crippen LogP contribution in [-0.2, 0) is 16.4 Å². The minimum atomic E-state index is -3.78. The van der Waals surface area contributed by atoms with Crippen LogP contribution in [0.4, 0.5) is 0 Å². The van der Waals surface area contributed by atoms with Gasteiger partial charge >= 0.3 is 0 Å². The van der Waals surface area contributed by atoms with E-state index < -0.39 is 16.1 Å². The fraction of sp³-hybridized carbons (Fsp3) is 0.200. The van der Waals surface area contributed by atoms with Crippen LogP contribution in [0.1, 0.15) is 39.5 Å². The molecule has 4 aromatic rings. The number of nitrogens with zero attached hydrogens (tertiary/aromatic N) is 2. The molecule has 3 aliphatic rings. The molecule has 0 saturated heterocycles. The molecule has 39 heavy (non-hydrogen) atoms. The van der Waals surface area contributed by atoms with Gasteiger partial charge in [-0.05, 0) is 72.0 Å². The Kier molecular flexibility index (Phi) is 6.76. The summed E-state index contributed by atoms with van der Waals surface area (Å²) in [5.41, 5.74) is 3.10. The van der Waals surface area contributed by atoms with Crippen LogP contribution in [0, 0.1) is 0 Å². The number of sulfonamides is 1. The number of carbonyl (C=O) groups is 1. The Morgan fingerprint density at radius 3 is 2.64 bits per heavy atom. The van der Waals surface area contributed by atoms with E-state index in [9.17, 15) is 13.2 Å². The molecule has 1 unspecified atom stereocenters. The molecule has 0 radical (unpaired) electrons. The van der Waals surface area contributed by atoms with Gasteiger partial charge in [0.2, 0.25) is 10.0 Å². The molecule has 3 aliphatic heterocycles.